The fourth-order valence-corrected chi connectivity index (χ4v) is 7.89. The third-order valence-corrected chi connectivity index (χ3v) is 9.86. The Hall–Kier alpha value is -0.920. The molecule has 0 bridgehead atoms. The van der Waals surface area contributed by atoms with Crippen molar-refractivity contribution in [1.29, 1.82) is 0 Å². The highest BCUT2D eigenvalue weighted by Crippen LogP contribution is 2.71. The van der Waals surface area contributed by atoms with Crippen molar-refractivity contribution in [3.05, 3.63) is 11.6 Å². The number of rotatable bonds is 1. The van der Waals surface area contributed by atoms with E-state index in [4.69, 9.17) is 0 Å². The van der Waals surface area contributed by atoms with Crippen molar-refractivity contribution in [2.75, 3.05) is 0 Å². The molecular weight excluding hydrogens is 308 g/mol. The molecular formula is C23H34O2. The number of hydrogen-bond acceptors (Lipinski definition) is 2. The average Bonchev–Trinajstić information content (AvgIpc) is 2.77. The van der Waals surface area contributed by atoms with E-state index in [2.05, 4.69) is 27.7 Å². The first kappa shape index (κ1) is 17.5. The smallest absolute Gasteiger partial charge is 0.155 e. The van der Waals surface area contributed by atoms with Crippen molar-refractivity contribution in [3.63, 3.8) is 0 Å². The molecule has 0 spiro atoms. The van der Waals surface area contributed by atoms with E-state index in [1.54, 1.807) is 0 Å². The fourth-order valence-electron chi connectivity index (χ4n) is 7.89. The van der Waals surface area contributed by atoms with E-state index in [1.165, 1.54) is 31.3 Å². The van der Waals surface area contributed by atoms with Gasteiger partial charge < -0.3 is 0 Å². The molecule has 0 N–H and O–H groups in total. The van der Waals surface area contributed by atoms with Crippen molar-refractivity contribution >= 4 is 11.6 Å². The Kier molecular flexibility index (Phi) is 3.71. The highest BCUT2D eigenvalue weighted by atomic mass is 16.1. The van der Waals surface area contributed by atoms with Crippen molar-refractivity contribution in [1.82, 2.24) is 0 Å². The monoisotopic (exact) mass is 342 g/mol. The SMILES string of the molecule is CC(=O)[C@@]1(C)[C@H](C)C[C@H]2[C@@H]3CCC4=CC(=O)CC[C@]4(C)[C@@H]3CC[C@@]21C. The number of hydrogen-bond donors (Lipinski definition) is 0. The highest BCUT2D eigenvalue weighted by Gasteiger charge is 2.66. The number of ketones is 2. The van der Waals surface area contributed by atoms with Crippen LogP contribution in [0.4, 0.5) is 0 Å². The molecule has 0 aromatic heterocycles. The van der Waals surface area contributed by atoms with Crippen LogP contribution in [0.5, 0.6) is 0 Å². The number of allylic oxidation sites excluding steroid dienone is 1. The van der Waals surface area contributed by atoms with Crippen LogP contribution >= 0.6 is 0 Å². The van der Waals surface area contributed by atoms with Crippen molar-refractivity contribution in [3.8, 4) is 0 Å². The molecule has 4 aliphatic rings. The van der Waals surface area contributed by atoms with Gasteiger partial charge in [0.2, 0.25) is 0 Å². The van der Waals surface area contributed by atoms with E-state index < -0.39 is 0 Å². The Morgan fingerprint density at radius 1 is 1.08 bits per heavy atom. The second kappa shape index (κ2) is 5.30. The Morgan fingerprint density at radius 2 is 1.80 bits per heavy atom. The Balaban J connectivity index is 1.72. The second-order valence-corrected chi connectivity index (χ2v) is 10.3. The summed E-state index contributed by atoms with van der Waals surface area (Å²) in [5.74, 6) is 3.33. The first-order valence-electron chi connectivity index (χ1n) is 10.4. The van der Waals surface area contributed by atoms with Crippen LogP contribution in [0.25, 0.3) is 0 Å². The van der Waals surface area contributed by atoms with E-state index in [0.29, 0.717) is 29.3 Å². The maximum atomic E-state index is 12.7. The summed E-state index contributed by atoms with van der Waals surface area (Å²) in [5.41, 5.74) is 1.66. The molecule has 138 valence electrons. The van der Waals surface area contributed by atoms with E-state index in [9.17, 15) is 9.59 Å². The largest absolute Gasteiger partial charge is 0.299 e. The Bertz CT molecular complexity index is 661. The molecule has 25 heavy (non-hydrogen) atoms. The molecule has 0 aromatic rings. The summed E-state index contributed by atoms with van der Waals surface area (Å²) in [6.07, 6.45) is 9.70. The summed E-state index contributed by atoms with van der Waals surface area (Å²) in [6.45, 7) is 11.3. The maximum Gasteiger partial charge on any atom is 0.155 e. The van der Waals surface area contributed by atoms with E-state index in [0.717, 1.165) is 25.2 Å². The minimum Gasteiger partial charge on any atom is -0.299 e. The van der Waals surface area contributed by atoms with E-state index in [-0.39, 0.29) is 16.2 Å². The zero-order chi connectivity index (χ0) is 18.2. The molecule has 4 aliphatic carbocycles. The predicted octanol–water partition coefficient (Wildman–Crippen LogP) is 5.36. The second-order valence-electron chi connectivity index (χ2n) is 10.3. The molecule has 3 fully saturated rings. The summed E-state index contributed by atoms with van der Waals surface area (Å²) in [5, 5.41) is 0. The van der Waals surface area contributed by atoms with Gasteiger partial charge in [0.05, 0.1) is 0 Å². The molecule has 0 saturated heterocycles. The summed E-state index contributed by atoms with van der Waals surface area (Å²) in [7, 11) is 0. The average molecular weight is 343 g/mol. The minimum atomic E-state index is -0.164. The van der Waals surface area contributed by atoms with Gasteiger partial charge in [-0.1, -0.05) is 33.3 Å². The van der Waals surface area contributed by atoms with Gasteiger partial charge in [-0.2, -0.15) is 0 Å². The molecule has 4 rings (SSSR count). The zero-order valence-electron chi connectivity index (χ0n) is 16.7. The highest BCUT2D eigenvalue weighted by molar-refractivity contribution is 5.91. The Morgan fingerprint density at radius 3 is 2.48 bits per heavy atom. The first-order valence-corrected chi connectivity index (χ1v) is 10.4. The van der Waals surface area contributed by atoms with Gasteiger partial charge in [0.15, 0.2) is 5.78 Å². The lowest BCUT2D eigenvalue weighted by molar-refractivity contribution is -0.141. The molecule has 0 radical (unpaired) electrons. The van der Waals surface area contributed by atoms with Gasteiger partial charge in [0, 0.05) is 11.8 Å². The summed E-state index contributed by atoms with van der Waals surface area (Å²) >= 11 is 0. The molecule has 0 amide bonds. The van der Waals surface area contributed by atoms with Gasteiger partial charge in [0.1, 0.15) is 5.78 Å². The fraction of sp³-hybridized carbons (Fsp3) is 0.826. The molecule has 7 atom stereocenters. The lowest BCUT2D eigenvalue weighted by atomic mass is 9.45. The lowest BCUT2D eigenvalue weighted by Crippen LogP contribution is -2.53. The van der Waals surface area contributed by atoms with Crippen LogP contribution in [0.15, 0.2) is 11.6 Å². The number of carbonyl (C=O) groups is 2. The van der Waals surface area contributed by atoms with Crippen molar-refractivity contribution < 1.29 is 9.59 Å². The van der Waals surface area contributed by atoms with Gasteiger partial charge in [-0.25, -0.2) is 0 Å². The number of fused-ring (bicyclic) bond motifs is 5. The molecule has 0 aliphatic heterocycles. The van der Waals surface area contributed by atoms with Crippen LogP contribution in [-0.2, 0) is 9.59 Å². The third-order valence-electron chi connectivity index (χ3n) is 9.86. The van der Waals surface area contributed by atoms with Crippen LogP contribution in [0.3, 0.4) is 0 Å². The van der Waals surface area contributed by atoms with Crippen molar-refractivity contribution in [2.24, 2.45) is 39.9 Å². The zero-order valence-corrected chi connectivity index (χ0v) is 16.7. The van der Waals surface area contributed by atoms with Gasteiger partial charge in [-0.15, -0.1) is 0 Å². The number of Topliss-reactive ketones (excluding diaryl/α,β-unsaturated/α-hetero) is 1. The van der Waals surface area contributed by atoms with Crippen LogP contribution < -0.4 is 0 Å². The van der Waals surface area contributed by atoms with E-state index in [1.807, 2.05) is 13.0 Å². The van der Waals surface area contributed by atoms with E-state index >= 15 is 0 Å². The quantitative estimate of drug-likeness (QED) is 0.643. The van der Waals surface area contributed by atoms with Crippen molar-refractivity contribution in [2.45, 2.75) is 79.6 Å². The van der Waals surface area contributed by atoms with Gasteiger partial charge >= 0.3 is 0 Å². The number of carbonyl (C=O) groups excluding carboxylic acids is 2. The van der Waals surface area contributed by atoms with Gasteiger partial charge in [-0.05, 0) is 86.0 Å². The summed E-state index contributed by atoms with van der Waals surface area (Å²) in [6, 6.07) is 0. The predicted molar refractivity (Wildman–Crippen MR) is 100 cm³/mol. The first-order chi connectivity index (χ1) is 11.6. The normalized spacial score (nSPS) is 52.0. The standard InChI is InChI=1S/C23H34O2/c1-14-12-20-18-7-6-16-13-17(25)8-10-21(16,3)19(18)9-11-22(20,4)23(14,5)15(2)24/h13-14,18-20H,6-12H2,1-5H3/t14-,18-,19-,20+,21+,22+,23-/m1/s1. The summed E-state index contributed by atoms with van der Waals surface area (Å²) in [4.78, 5) is 24.6. The molecule has 2 heteroatoms. The van der Waals surface area contributed by atoms with Crippen LogP contribution in [-0.4, -0.2) is 11.6 Å². The van der Waals surface area contributed by atoms with Crippen LogP contribution in [0.2, 0.25) is 0 Å². The van der Waals surface area contributed by atoms with Gasteiger partial charge in [-0.3, -0.25) is 9.59 Å². The molecule has 0 unspecified atom stereocenters. The summed E-state index contributed by atoms with van der Waals surface area (Å²) < 4.78 is 0. The minimum absolute atomic E-state index is 0.154. The van der Waals surface area contributed by atoms with Gasteiger partial charge in [0.25, 0.3) is 0 Å². The molecule has 0 heterocycles. The molecule has 2 nitrogen and oxygen atoms in total. The van der Waals surface area contributed by atoms with Crippen LogP contribution in [0, 0.1) is 39.9 Å². The van der Waals surface area contributed by atoms with Crippen LogP contribution in [0.1, 0.15) is 79.6 Å². The Labute approximate surface area is 152 Å². The molecule has 3 saturated carbocycles. The third kappa shape index (κ3) is 2.03. The lowest BCUT2D eigenvalue weighted by Gasteiger charge is -2.59. The molecule has 0 aromatic carbocycles. The maximum absolute atomic E-state index is 12.7. The topological polar surface area (TPSA) is 34.1 Å².